The molecule has 144 valence electrons. The fourth-order valence-electron chi connectivity index (χ4n) is 4.22. The minimum Gasteiger partial charge on any atom is -0.316 e. The zero-order valence-electron chi connectivity index (χ0n) is 17.7. The summed E-state index contributed by atoms with van der Waals surface area (Å²) in [5.74, 6) is 0. The summed E-state index contributed by atoms with van der Waals surface area (Å²) in [5, 5.41) is 3.57. The van der Waals surface area contributed by atoms with Crippen LogP contribution in [0.2, 0.25) is 0 Å². The number of benzene rings is 1. The van der Waals surface area contributed by atoms with Crippen LogP contribution in [-0.2, 0) is 6.42 Å². The first kappa shape index (κ1) is 19.6. The zero-order chi connectivity index (χ0) is 19.6. The Labute approximate surface area is 163 Å². The fraction of sp³-hybridized carbons (Fsp3) is 0.458. The minimum atomic E-state index is 1.01. The Morgan fingerprint density at radius 3 is 2.30 bits per heavy atom. The summed E-state index contributed by atoms with van der Waals surface area (Å²) in [6, 6.07) is 9.09. The molecule has 0 radical (unpaired) electrons. The van der Waals surface area contributed by atoms with Gasteiger partial charge >= 0.3 is 0 Å². The molecule has 2 heterocycles. The molecule has 0 unspecified atom stereocenters. The number of nitrogens with one attached hydrogen (secondary N) is 1. The first-order valence-corrected chi connectivity index (χ1v) is 10.2. The second kappa shape index (κ2) is 8.26. The van der Waals surface area contributed by atoms with Crippen LogP contribution >= 0.6 is 0 Å². The van der Waals surface area contributed by atoms with E-state index in [1.54, 1.807) is 0 Å². The van der Waals surface area contributed by atoms with E-state index in [9.17, 15) is 0 Å². The quantitative estimate of drug-likeness (QED) is 0.564. The van der Waals surface area contributed by atoms with Gasteiger partial charge < -0.3 is 9.72 Å². The van der Waals surface area contributed by atoms with Crippen molar-refractivity contribution in [1.82, 2.24) is 14.7 Å². The molecule has 0 bridgehead atoms. The van der Waals surface area contributed by atoms with Crippen molar-refractivity contribution in [2.45, 2.75) is 60.8 Å². The van der Waals surface area contributed by atoms with Crippen LogP contribution in [0.4, 0.5) is 0 Å². The van der Waals surface area contributed by atoms with Gasteiger partial charge in [-0.3, -0.25) is 0 Å². The second-order valence-corrected chi connectivity index (χ2v) is 7.87. The van der Waals surface area contributed by atoms with Crippen LogP contribution in [0.5, 0.6) is 0 Å². The van der Waals surface area contributed by atoms with Crippen molar-refractivity contribution in [2.24, 2.45) is 0 Å². The van der Waals surface area contributed by atoms with Gasteiger partial charge in [-0.25, -0.2) is 4.98 Å². The van der Waals surface area contributed by atoms with Crippen molar-refractivity contribution in [2.75, 3.05) is 13.1 Å². The lowest BCUT2D eigenvalue weighted by molar-refractivity contribution is 0.633. The van der Waals surface area contributed by atoms with Crippen LogP contribution in [0.25, 0.3) is 16.8 Å². The number of aryl methyl sites for hydroxylation is 5. The molecule has 3 heteroatoms. The summed E-state index contributed by atoms with van der Waals surface area (Å²) in [4.78, 5) is 4.94. The largest absolute Gasteiger partial charge is 0.316 e. The maximum absolute atomic E-state index is 4.94. The molecule has 0 aliphatic carbocycles. The summed E-state index contributed by atoms with van der Waals surface area (Å²) in [5.41, 5.74) is 11.3. The van der Waals surface area contributed by atoms with Gasteiger partial charge in [0.05, 0.1) is 0 Å². The first-order chi connectivity index (χ1) is 12.9. The van der Waals surface area contributed by atoms with E-state index in [4.69, 9.17) is 4.98 Å². The Balaban J connectivity index is 2.05. The molecule has 0 fully saturated rings. The number of fused-ring (bicyclic) bond motifs is 1. The van der Waals surface area contributed by atoms with Gasteiger partial charge in [0.25, 0.3) is 0 Å². The zero-order valence-corrected chi connectivity index (χ0v) is 17.7. The van der Waals surface area contributed by atoms with Crippen molar-refractivity contribution >= 4 is 5.65 Å². The topological polar surface area (TPSA) is 29.3 Å². The lowest BCUT2D eigenvalue weighted by Crippen LogP contribution is -2.19. The third-order valence-corrected chi connectivity index (χ3v) is 5.31. The molecule has 0 aliphatic rings. The summed E-state index contributed by atoms with van der Waals surface area (Å²) >= 11 is 0. The molecular formula is C24H33N3. The first-order valence-electron chi connectivity index (χ1n) is 10.2. The highest BCUT2D eigenvalue weighted by molar-refractivity contribution is 5.83. The highest BCUT2D eigenvalue weighted by atomic mass is 15.0. The van der Waals surface area contributed by atoms with Crippen molar-refractivity contribution in [3.8, 4) is 11.1 Å². The van der Waals surface area contributed by atoms with E-state index in [2.05, 4.69) is 75.5 Å². The van der Waals surface area contributed by atoms with E-state index in [1.165, 1.54) is 52.0 Å². The molecule has 0 amide bonds. The predicted molar refractivity (Wildman–Crippen MR) is 116 cm³/mol. The minimum absolute atomic E-state index is 1.01. The second-order valence-electron chi connectivity index (χ2n) is 7.87. The predicted octanol–water partition coefficient (Wildman–Crippen LogP) is 5.48. The van der Waals surface area contributed by atoms with E-state index in [0.29, 0.717) is 0 Å². The lowest BCUT2D eigenvalue weighted by Gasteiger charge is -2.13. The number of aromatic nitrogens is 2. The molecule has 1 aromatic carbocycles. The molecule has 0 spiro atoms. The van der Waals surface area contributed by atoms with Crippen LogP contribution in [0.3, 0.4) is 0 Å². The molecule has 27 heavy (non-hydrogen) atoms. The third-order valence-electron chi connectivity index (χ3n) is 5.31. The molecule has 1 N–H and O–H groups in total. The molecule has 2 aromatic heterocycles. The van der Waals surface area contributed by atoms with Crippen LogP contribution in [-0.4, -0.2) is 22.5 Å². The van der Waals surface area contributed by atoms with Gasteiger partial charge in [-0.1, -0.05) is 31.0 Å². The molecule has 0 saturated heterocycles. The monoisotopic (exact) mass is 363 g/mol. The average Bonchev–Trinajstić information content (AvgIpc) is 2.90. The van der Waals surface area contributed by atoms with Gasteiger partial charge in [0, 0.05) is 35.6 Å². The Morgan fingerprint density at radius 1 is 0.926 bits per heavy atom. The molecule has 3 nitrogen and oxygen atoms in total. The summed E-state index contributed by atoms with van der Waals surface area (Å²) in [6.07, 6.45) is 3.49. The van der Waals surface area contributed by atoms with Crippen molar-refractivity contribution in [3.63, 3.8) is 0 Å². The Morgan fingerprint density at radius 2 is 1.63 bits per heavy atom. The van der Waals surface area contributed by atoms with Gasteiger partial charge in [-0.15, -0.1) is 0 Å². The van der Waals surface area contributed by atoms with E-state index in [0.717, 1.165) is 30.9 Å². The van der Waals surface area contributed by atoms with Crippen LogP contribution in [0.1, 0.15) is 53.5 Å². The van der Waals surface area contributed by atoms with Crippen molar-refractivity contribution in [3.05, 3.63) is 58.0 Å². The van der Waals surface area contributed by atoms with Gasteiger partial charge in [-0.05, 0) is 76.4 Å². The maximum atomic E-state index is 4.94. The number of nitrogens with zero attached hydrogens (tertiary/aromatic N) is 2. The SMILES string of the molecule is CCCCNCCc1cc(C)nc2c(-c3c(C)cc(C)cc3C)cc(C)n12. The number of rotatable bonds is 7. The van der Waals surface area contributed by atoms with Crippen LogP contribution in [0.15, 0.2) is 24.3 Å². The smallest absolute Gasteiger partial charge is 0.145 e. The van der Waals surface area contributed by atoms with Crippen LogP contribution < -0.4 is 5.32 Å². The lowest BCUT2D eigenvalue weighted by atomic mass is 9.95. The summed E-state index contributed by atoms with van der Waals surface area (Å²) in [6.45, 7) is 15.2. The third kappa shape index (κ3) is 4.08. The van der Waals surface area contributed by atoms with E-state index in [-0.39, 0.29) is 0 Å². The van der Waals surface area contributed by atoms with Gasteiger partial charge in [0.2, 0.25) is 0 Å². The van der Waals surface area contributed by atoms with Gasteiger partial charge in [0.1, 0.15) is 5.65 Å². The molecular weight excluding hydrogens is 330 g/mol. The van der Waals surface area contributed by atoms with Gasteiger partial charge in [0.15, 0.2) is 0 Å². The molecule has 0 saturated carbocycles. The molecule has 0 atom stereocenters. The average molecular weight is 364 g/mol. The van der Waals surface area contributed by atoms with E-state index in [1.807, 2.05) is 0 Å². The summed E-state index contributed by atoms with van der Waals surface area (Å²) < 4.78 is 2.35. The molecule has 3 rings (SSSR count). The number of hydrogen-bond acceptors (Lipinski definition) is 2. The fourth-order valence-corrected chi connectivity index (χ4v) is 4.22. The maximum Gasteiger partial charge on any atom is 0.145 e. The normalized spacial score (nSPS) is 11.5. The van der Waals surface area contributed by atoms with E-state index < -0.39 is 0 Å². The Hall–Kier alpha value is -2.13. The Bertz CT molecular complexity index is 927. The number of unbranched alkanes of at least 4 members (excludes halogenated alkanes) is 1. The van der Waals surface area contributed by atoms with Crippen LogP contribution in [0, 0.1) is 34.6 Å². The standard InChI is InChI=1S/C24H33N3/c1-7-8-10-25-11-9-21-14-19(5)26-24-22(15-20(6)27(21)24)23-17(3)12-16(2)13-18(23)4/h12-15,25H,7-11H2,1-6H3. The van der Waals surface area contributed by atoms with Gasteiger partial charge in [-0.2, -0.15) is 0 Å². The molecule has 0 aliphatic heterocycles. The number of hydrogen-bond donors (Lipinski definition) is 1. The van der Waals surface area contributed by atoms with E-state index >= 15 is 0 Å². The molecule has 3 aromatic rings. The summed E-state index contributed by atoms with van der Waals surface area (Å²) in [7, 11) is 0. The highest BCUT2D eigenvalue weighted by Crippen LogP contribution is 2.33. The highest BCUT2D eigenvalue weighted by Gasteiger charge is 2.16. The van der Waals surface area contributed by atoms with Crippen molar-refractivity contribution in [1.29, 1.82) is 0 Å². The Kier molecular flexibility index (Phi) is 6.01. The van der Waals surface area contributed by atoms with Crippen molar-refractivity contribution < 1.29 is 0 Å².